The van der Waals surface area contributed by atoms with Crippen molar-refractivity contribution >= 4 is 58.2 Å². The fourth-order valence-corrected chi connectivity index (χ4v) is 3.88. The van der Waals surface area contributed by atoms with Gasteiger partial charge in [-0.1, -0.05) is 29.3 Å². The monoisotopic (exact) mass is 445 g/mol. The number of nitrogens with one attached hydrogen (secondary N) is 2. The molecule has 0 bridgehead atoms. The van der Waals surface area contributed by atoms with Crippen LogP contribution in [0.2, 0.25) is 10.0 Å². The van der Waals surface area contributed by atoms with Crippen molar-refractivity contribution in [3.63, 3.8) is 0 Å². The van der Waals surface area contributed by atoms with E-state index in [9.17, 15) is 9.59 Å². The molecule has 1 unspecified atom stereocenters. The van der Waals surface area contributed by atoms with Crippen LogP contribution in [-0.4, -0.2) is 22.0 Å². The zero-order valence-electron chi connectivity index (χ0n) is 15.4. The Labute approximate surface area is 182 Å². The van der Waals surface area contributed by atoms with Crippen LogP contribution in [0.1, 0.15) is 17.3 Å². The molecule has 148 valence electrons. The number of carbonyl (C=O) groups excluding carboxylic acids is 2. The van der Waals surface area contributed by atoms with Crippen LogP contribution in [0.4, 0.5) is 11.4 Å². The summed E-state index contributed by atoms with van der Waals surface area (Å²) >= 11 is 13.4. The Bertz CT molecular complexity index is 1030. The molecule has 0 aliphatic rings. The van der Waals surface area contributed by atoms with Gasteiger partial charge in [-0.2, -0.15) is 0 Å². The first-order valence-electron chi connectivity index (χ1n) is 8.66. The number of hydrogen-bond acceptors (Lipinski definition) is 4. The van der Waals surface area contributed by atoms with E-state index in [4.69, 9.17) is 23.2 Å². The first-order chi connectivity index (χ1) is 13.9. The molecule has 2 amide bonds. The van der Waals surface area contributed by atoms with Gasteiger partial charge in [-0.05, 0) is 55.5 Å². The van der Waals surface area contributed by atoms with Crippen molar-refractivity contribution in [2.45, 2.75) is 17.1 Å². The molecule has 0 saturated heterocycles. The zero-order chi connectivity index (χ0) is 20.8. The summed E-state index contributed by atoms with van der Waals surface area (Å²) < 4.78 is 0. The molecule has 2 aromatic carbocycles. The fraction of sp³-hybridized carbons (Fsp3) is 0.0952. The van der Waals surface area contributed by atoms with E-state index in [1.165, 1.54) is 17.8 Å². The average molecular weight is 446 g/mol. The predicted octanol–water partition coefficient (Wildman–Crippen LogP) is 5.76. The van der Waals surface area contributed by atoms with Crippen molar-refractivity contribution in [1.82, 2.24) is 4.98 Å². The SMILES string of the molecule is CC(Sc1cccc(NC(=O)c2ccc(Cl)cc2Cl)c1)C(=O)Nc1ccncc1. The summed E-state index contributed by atoms with van der Waals surface area (Å²) in [6.45, 7) is 1.82. The van der Waals surface area contributed by atoms with E-state index < -0.39 is 0 Å². The third-order valence-corrected chi connectivity index (χ3v) is 5.54. The minimum absolute atomic E-state index is 0.122. The molecule has 1 aromatic heterocycles. The maximum Gasteiger partial charge on any atom is 0.257 e. The standard InChI is InChI=1S/C21H17Cl2N3O2S/c1-13(20(27)25-15-7-9-24-10-8-15)29-17-4-2-3-16(12-17)26-21(28)18-6-5-14(22)11-19(18)23/h2-13H,1H3,(H,26,28)(H,24,25,27). The number of anilines is 2. The van der Waals surface area contributed by atoms with Gasteiger partial charge >= 0.3 is 0 Å². The van der Waals surface area contributed by atoms with Crippen molar-refractivity contribution in [1.29, 1.82) is 0 Å². The van der Waals surface area contributed by atoms with Crippen molar-refractivity contribution in [2.75, 3.05) is 10.6 Å². The molecule has 29 heavy (non-hydrogen) atoms. The molecular weight excluding hydrogens is 429 g/mol. The molecule has 3 aromatic rings. The summed E-state index contributed by atoms with van der Waals surface area (Å²) in [5, 5.41) is 6.07. The molecule has 0 fully saturated rings. The van der Waals surface area contributed by atoms with E-state index >= 15 is 0 Å². The highest BCUT2D eigenvalue weighted by atomic mass is 35.5. The number of aromatic nitrogens is 1. The topological polar surface area (TPSA) is 71.1 Å². The van der Waals surface area contributed by atoms with Crippen LogP contribution in [0.3, 0.4) is 0 Å². The van der Waals surface area contributed by atoms with Crippen LogP contribution in [0.25, 0.3) is 0 Å². The third-order valence-electron chi connectivity index (χ3n) is 3.90. The van der Waals surface area contributed by atoms with Gasteiger partial charge in [0.1, 0.15) is 0 Å². The molecule has 0 aliphatic carbocycles. The first kappa shape index (κ1) is 21.2. The van der Waals surface area contributed by atoms with Crippen molar-refractivity contribution < 1.29 is 9.59 Å². The molecule has 0 aliphatic heterocycles. The number of nitrogens with zero attached hydrogens (tertiary/aromatic N) is 1. The molecule has 0 spiro atoms. The maximum atomic E-state index is 12.5. The zero-order valence-corrected chi connectivity index (χ0v) is 17.7. The van der Waals surface area contributed by atoms with Gasteiger partial charge in [-0.15, -0.1) is 11.8 Å². The number of hydrogen-bond donors (Lipinski definition) is 2. The second kappa shape index (κ2) is 9.78. The molecular formula is C21H17Cl2N3O2S. The van der Waals surface area contributed by atoms with Gasteiger partial charge in [0.25, 0.3) is 5.91 Å². The van der Waals surface area contributed by atoms with Crippen molar-refractivity contribution in [3.05, 3.63) is 82.6 Å². The summed E-state index contributed by atoms with van der Waals surface area (Å²) in [6.07, 6.45) is 3.24. The quantitative estimate of drug-likeness (QED) is 0.473. The van der Waals surface area contributed by atoms with E-state index in [0.29, 0.717) is 22.0 Å². The molecule has 8 heteroatoms. The van der Waals surface area contributed by atoms with E-state index in [1.54, 1.807) is 42.7 Å². The highest BCUT2D eigenvalue weighted by Gasteiger charge is 2.16. The Balaban J connectivity index is 1.64. The van der Waals surface area contributed by atoms with E-state index in [1.807, 2.05) is 25.1 Å². The Morgan fingerprint density at radius 3 is 2.45 bits per heavy atom. The minimum Gasteiger partial charge on any atom is -0.325 e. The molecule has 1 atom stereocenters. The largest absolute Gasteiger partial charge is 0.325 e. The molecule has 0 saturated carbocycles. The Morgan fingerprint density at radius 1 is 0.966 bits per heavy atom. The third kappa shape index (κ3) is 5.97. The smallest absolute Gasteiger partial charge is 0.257 e. The van der Waals surface area contributed by atoms with Gasteiger partial charge in [0.05, 0.1) is 15.8 Å². The van der Waals surface area contributed by atoms with Gasteiger partial charge in [0, 0.05) is 33.7 Å². The number of rotatable bonds is 6. The van der Waals surface area contributed by atoms with Crippen LogP contribution in [0.5, 0.6) is 0 Å². The number of carbonyl (C=O) groups is 2. The molecule has 0 radical (unpaired) electrons. The summed E-state index contributed by atoms with van der Waals surface area (Å²) in [4.78, 5) is 29.6. The van der Waals surface area contributed by atoms with Crippen molar-refractivity contribution in [2.24, 2.45) is 0 Å². The summed E-state index contributed by atoms with van der Waals surface area (Å²) in [6, 6.07) is 15.4. The van der Waals surface area contributed by atoms with Crippen molar-refractivity contribution in [3.8, 4) is 0 Å². The highest BCUT2D eigenvalue weighted by Crippen LogP contribution is 2.27. The summed E-state index contributed by atoms with van der Waals surface area (Å²) in [5.41, 5.74) is 1.63. The lowest BCUT2D eigenvalue weighted by Crippen LogP contribution is -2.22. The lowest BCUT2D eigenvalue weighted by atomic mass is 10.2. The summed E-state index contributed by atoms with van der Waals surface area (Å²) in [7, 11) is 0. The van der Waals surface area contributed by atoms with Gasteiger partial charge < -0.3 is 10.6 Å². The fourth-order valence-electron chi connectivity index (χ4n) is 2.46. The summed E-state index contributed by atoms with van der Waals surface area (Å²) in [5.74, 6) is -0.458. The van der Waals surface area contributed by atoms with Crippen LogP contribution < -0.4 is 10.6 Å². The highest BCUT2D eigenvalue weighted by molar-refractivity contribution is 8.00. The molecule has 2 N–H and O–H groups in total. The maximum absolute atomic E-state index is 12.5. The Hall–Kier alpha value is -2.54. The van der Waals surface area contributed by atoms with Crippen LogP contribution in [0.15, 0.2) is 71.9 Å². The van der Waals surface area contributed by atoms with Gasteiger partial charge in [-0.3, -0.25) is 14.6 Å². The van der Waals surface area contributed by atoms with Gasteiger partial charge in [0.2, 0.25) is 5.91 Å². The van der Waals surface area contributed by atoms with Gasteiger partial charge in [-0.25, -0.2) is 0 Å². The number of pyridine rings is 1. The lowest BCUT2D eigenvalue weighted by Gasteiger charge is -2.13. The minimum atomic E-state index is -0.336. The Morgan fingerprint density at radius 2 is 1.72 bits per heavy atom. The number of thioether (sulfide) groups is 1. The number of halogens is 2. The van der Waals surface area contributed by atoms with Gasteiger partial charge in [0.15, 0.2) is 0 Å². The Kier molecular flexibility index (Phi) is 7.14. The predicted molar refractivity (Wildman–Crippen MR) is 119 cm³/mol. The van der Waals surface area contributed by atoms with E-state index in [2.05, 4.69) is 15.6 Å². The van der Waals surface area contributed by atoms with E-state index in [0.717, 1.165) is 4.90 Å². The molecule has 3 rings (SSSR count). The first-order valence-corrected chi connectivity index (χ1v) is 10.3. The van der Waals surface area contributed by atoms with Crippen LogP contribution in [-0.2, 0) is 4.79 Å². The van der Waals surface area contributed by atoms with E-state index in [-0.39, 0.29) is 22.1 Å². The molecule has 5 nitrogen and oxygen atoms in total. The average Bonchev–Trinajstić information content (AvgIpc) is 2.69. The normalized spacial score (nSPS) is 11.6. The second-order valence-electron chi connectivity index (χ2n) is 6.09. The number of amides is 2. The van der Waals surface area contributed by atoms with Crippen LogP contribution >= 0.6 is 35.0 Å². The second-order valence-corrected chi connectivity index (χ2v) is 8.35. The lowest BCUT2D eigenvalue weighted by molar-refractivity contribution is -0.115. The molecule has 1 heterocycles. The number of benzene rings is 2. The van der Waals surface area contributed by atoms with Crippen LogP contribution in [0, 0.1) is 0 Å².